The van der Waals surface area contributed by atoms with E-state index in [9.17, 15) is 27.2 Å². The molecule has 0 unspecified atom stereocenters. The number of nitrogens with zero attached hydrogens (tertiary/aromatic N) is 2. The standard InChI is InChI=1S/C22H30F4N4O2/c1-21(2,22(24,25)26)13-29-10-9-16-7-8-18(30(16)20(32)17(27)12-29)19(31)28-11-14-3-5-15(23)6-4-14/h3-6,16-18H,7-13,27H2,1-2H3,(H,28,31)/t16-,17+,18+/m1/s1. The maximum Gasteiger partial charge on any atom is 0.395 e. The highest BCUT2D eigenvalue weighted by atomic mass is 19.4. The van der Waals surface area contributed by atoms with Crippen LogP contribution in [0.5, 0.6) is 0 Å². The van der Waals surface area contributed by atoms with Crippen LogP contribution in [-0.2, 0) is 16.1 Å². The molecule has 3 rings (SSSR count). The van der Waals surface area contributed by atoms with Crippen molar-refractivity contribution in [3.8, 4) is 0 Å². The zero-order chi connectivity index (χ0) is 23.7. The highest BCUT2D eigenvalue weighted by Gasteiger charge is 2.49. The number of nitrogens with two attached hydrogens (primary N) is 1. The van der Waals surface area contributed by atoms with Crippen LogP contribution in [0.4, 0.5) is 17.6 Å². The number of rotatable bonds is 5. The molecule has 0 aliphatic carbocycles. The van der Waals surface area contributed by atoms with Crippen molar-refractivity contribution < 1.29 is 27.2 Å². The van der Waals surface area contributed by atoms with Gasteiger partial charge in [-0.15, -0.1) is 0 Å². The minimum Gasteiger partial charge on any atom is -0.350 e. The van der Waals surface area contributed by atoms with Gasteiger partial charge >= 0.3 is 6.18 Å². The molecule has 0 spiro atoms. The fourth-order valence-corrected chi connectivity index (χ4v) is 4.43. The van der Waals surface area contributed by atoms with Crippen LogP contribution in [0.25, 0.3) is 0 Å². The average Bonchev–Trinajstić information content (AvgIpc) is 3.12. The molecule has 0 aromatic heterocycles. The normalized spacial score (nSPS) is 25.3. The van der Waals surface area contributed by atoms with Crippen LogP contribution in [0.2, 0.25) is 0 Å². The maximum atomic E-state index is 13.3. The lowest BCUT2D eigenvalue weighted by atomic mass is 9.91. The third-order valence-corrected chi connectivity index (χ3v) is 6.38. The molecule has 1 aromatic carbocycles. The maximum absolute atomic E-state index is 13.3. The molecule has 0 radical (unpaired) electrons. The largest absolute Gasteiger partial charge is 0.395 e. The van der Waals surface area contributed by atoms with Gasteiger partial charge in [0.2, 0.25) is 11.8 Å². The first-order valence-electron chi connectivity index (χ1n) is 10.8. The van der Waals surface area contributed by atoms with Crippen molar-refractivity contribution in [1.29, 1.82) is 0 Å². The summed E-state index contributed by atoms with van der Waals surface area (Å²) in [4.78, 5) is 29.0. The first-order chi connectivity index (χ1) is 14.9. The van der Waals surface area contributed by atoms with E-state index in [4.69, 9.17) is 5.73 Å². The minimum atomic E-state index is -4.36. The smallest absolute Gasteiger partial charge is 0.350 e. The molecule has 2 fully saturated rings. The molecule has 10 heteroatoms. The molecule has 32 heavy (non-hydrogen) atoms. The van der Waals surface area contributed by atoms with Crippen molar-refractivity contribution in [3.05, 3.63) is 35.6 Å². The molecule has 3 N–H and O–H groups in total. The fraction of sp³-hybridized carbons (Fsp3) is 0.636. The zero-order valence-electron chi connectivity index (χ0n) is 18.3. The predicted octanol–water partition coefficient (Wildman–Crippen LogP) is 2.42. The first kappa shape index (κ1) is 24.4. The summed E-state index contributed by atoms with van der Waals surface area (Å²) in [5, 5.41) is 2.79. The van der Waals surface area contributed by atoms with Crippen molar-refractivity contribution >= 4 is 11.8 Å². The number of carbonyl (C=O) groups is 2. The van der Waals surface area contributed by atoms with Gasteiger partial charge in [0.05, 0.1) is 11.5 Å². The van der Waals surface area contributed by atoms with Gasteiger partial charge < -0.3 is 20.9 Å². The van der Waals surface area contributed by atoms with E-state index >= 15 is 0 Å². The number of fused-ring (bicyclic) bond motifs is 1. The summed E-state index contributed by atoms with van der Waals surface area (Å²) in [6.45, 7) is 2.61. The Morgan fingerprint density at radius 2 is 1.81 bits per heavy atom. The van der Waals surface area contributed by atoms with E-state index < -0.39 is 29.6 Å². The van der Waals surface area contributed by atoms with Crippen molar-refractivity contribution in [2.24, 2.45) is 11.1 Å². The number of halogens is 4. The van der Waals surface area contributed by atoms with Crippen LogP contribution in [0.3, 0.4) is 0 Å². The van der Waals surface area contributed by atoms with Gasteiger partial charge in [-0.25, -0.2) is 4.39 Å². The van der Waals surface area contributed by atoms with Crippen LogP contribution in [0.1, 0.15) is 38.7 Å². The number of carbonyl (C=O) groups excluding carboxylic acids is 2. The second kappa shape index (κ2) is 9.35. The Balaban J connectivity index is 1.65. The molecule has 2 aliphatic rings. The SMILES string of the molecule is CC(C)(CN1CC[C@H]2CC[C@@H](C(=O)NCc3ccc(F)cc3)N2C(=O)[C@@H](N)C1)C(F)(F)F. The van der Waals surface area contributed by atoms with Crippen molar-refractivity contribution in [2.75, 3.05) is 19.6 Å². The van der Waals surface area contributed by atoms with Crippen LogP contribution in [0, 0.1) is 11.2 Å². The number of nitrogens with one attached hydrogen (secondary N) is 1. The zero-order valence-corrected chi connectivity index (χ0v) is 18.3. The summed E-state index contributed by atoms with van der Waals surface area (Å²) in [6, 6.07) is 3.83. The molecule has 0 saturated carbocycles. The Labute approximate surface area is 185 Å². The molecule has 0 bridgehead atoms. The van der Waals surface area contributed by atoms with Crippen LogP contribution < -0.4 is 11.1 Å². The highest BCUT2D eigenvalue weighted by molar-refractivity contribution is 5.90. The van der Waals surface area contributed by atoms with Crippen LogP contribution in [0.15, 0.2) is 24.3 Å². The lowest BCUT2D eigenvalue weighted by molar-refractivity contribution is -0.217. The lowest BCUT2D eigenvalue weighted by Gasteiger charge is -2.40. The Hall–Kier alpha value is -2.20. The van der Waals surface area contributed by atoms with Gasteiger partial charge in [0.15, 0.2) is 0 Å². The molecule has 2 saturated heterocycles. The van der Waals surface area contributed by atoms with Gasteiger partial charge in [0.1, 0.15) is 11.9 Å². The fourth-order valence-electron chi connectivity index (χ4n) is 4.43. The third-order valence-electron chi connectivity index (χ3n) is 6.38. The molecule has 178 valence electrons. The van der Waals surface area contributed by atoms with E-state index in [1.54, 1.807) is 17.0 Å². The summed E-state index contributed by atoms with van der Waals surface area (Å²) in [5.41, 5.74) is 4.89. The number of hydrogen-bond acceptors (Lipinski definition) is 4. The molecule has 1 aromatic rings. The predicted molar refractivity (Wildman–Crippen MR) is 111 cm³/mol. The van der Waals surface area contributed by atoms with Gasteiger partial charge in [-0.1, -0.05) is 12.1 Å². The number of alkyl halides is 3. The van der Waals surface area contributed by atoms with E-state index in [1.165, 1.54) is 17.0 Å². The molecule has 2 heterocycles. The summed E-state index contributed by atoms with van der Waals surface area (Å²) in [6.07, 6.45) is -2.83. The van der Waals surface area contributed by atoms with Gasteiger partial charge in [-0.3, -0.25) is 9.59 Å². The highest BCUT2D eigenvalue weighted by Crippen LogP contribution is 2.38. The van der Waals surface area contributed by atoms with Gasteiger partial charge in [-0.2, -0.15) is 13.2 Å². The molecule has 2 amide bonds. The van der Waals surface area contributed by atoms with Crippen molar-refractivity contribution in [1.82, 2.24) is 15.1 Å². The molecule has 2 aliphatic heterocycles. The number of amides is 2. The Morgan fingerprint density at radius 1 is 1.16 bits per heavy atom. The van der Waals surface area contributed by atoms with E-state index in [0.29, 0.717) is 25.8 Å². The summed E-state index contributed by atoms with van der Waals surface area (Å²) >= 11 is 0. The Bertz CT molecular complexity index is 828. The average molecular weight is 459 g/mol. The van der Waals surface area contributed by atoms with Gasteiger partial charge in [0.25, 0.3) is 0 Å². The molecule has 6 nitrogen and oxygen atoms in total. The van der Waals surface area contributed by atoms with Gasteiger partial charge in [-0.05, 0) is 50.8 Å². The summed E-state index contributed by atoms with van der Waals surface area (Å²) in [7, 11) is 0. The molecular formula is C22H30F4N4O2. The van der Waals surface area contributed by atoms with Crippen LogP contribution >= 0.6 is 0 Å². The number of hydrogen-bond donors (Lipinski definition) is 2. The Morgan fingerprint density at radius 3 is 2.44 bits per heavy atom. The quantitative estimate of drug-likeness (QED) is 0.665. The summed E-state index contributed by atoms with van der Waals surface area (Å²) in [5.74, 6) is -1.09. The lowest BCUT2D eigenvalue weighted by Crippen LogP contribution is -2.59. The Kier molecular flexibility index (Phi) is 7.14. The van der Waals surface area contributed by atoms with Crippen molar-refractivity contribution in [2.45, 2.75) is 64.0 Å². The van der Waals surface area contributed by atoms with E-state index in [2.05, 4.69) is 5.32 Å². The van der Waals surface area contributed by atoms with Gasteiger partial charge in [0, 0.05) is 32.2 Å². The van der Waals surface area contributed by atoms with E-state index in [0.717, 1.165) is 19.4 Å². The topological polar surface area (TPSA) is 78.7 Å². The second-order valence-electron chi connectivity index (χ2n) is 9.35. The second-order valence-corrected chi connectivity index (χ2v) is 9.35. The van der Waals surface area contributed by atoms with E-state index in [1.807, 2.05) is 0 Å². The minimum absolute atomic E-state index is 0.00544. The van der Waals surface area contributed by atoms with Crippen LogP contribution in [-0.4, -0.2) is 65.6 Å². The van der Waals surface area contributed by atoms with Crippen molar-refractivity contribution in [3.63, 3.8) is 0 Å². The molecular weight excluding hydrogens is 428 g/mol. The monoisotopic (exact) mass is 458 g/mol. The van der Waals surface area contributed by atoms with E-state index in [-0.39, 0.29) is 37.4 Å². The number of benzene rings is 1. The first-order valence-corrected chi connectivity index (χ1v) is 10.8. The molecule has 3 atom stereocenters. The summed E-state index contributed by atoms with van der Waals surface area (Å²) < 4.78 is 53.0. The third kappa shape index (κ3) is 5.40.